The molecule has 5 heteroatoms. The first-order valence-electron chi connectivity index (χ1n) is 5.44. The van der Waals surface area contributed by atoms with E-state index in [-0.39, 0.29) is 11.8 Å². The Morgan fingerprint density at radius 2 is 1.89 bits per heavy atom. The Balaban J connectivity index is 2.50. The lowest BCUT2D eigenvalue weighted by Gasteiger charge is -2.06. The van der Waals surface area contributed by atoms with E-state index in [1.165, 1.54) is 6.92 Å². The molecule has 0 radical (unpaired) electrons. The Morgan fingerprint density at radius 3 is 2.39 bits per heavy atom. The van der Waals surface area contributed by atoms with Gasteiger partial charge in [0.1, 0.15) is 0 Å². The molecule has 0 fully saturated rings. The van der Waals surface area contributed by atoms with E-state index in [0.29, 0.717) is 13.0 Å². The average Bonchev–Trinajstić information content (AvgIpc) is 2.28. The van der Waals surface area contributed by atoms with E-state index >= 15 is 0 Å². The zero-order valence-electron chi connectivity index (χ0n) is 10.1. The molecule has 0 saturated carbocycles. The molecule has 0 saturated heterocycles. The van der Waals surface area contributed by atoms with Gasteiger partial charge in [0.05, 0.1) is 6.42 Å². The monoisotopic (exact) mass is 310 g/mol. The minimum Gasteiger partial charge on any atom is -0.351 e. The molecule has 0 aliphatic rings. The lowest BCUT2D eigenvalue weighted by molar-refractivity contribution is -0.120. The number of halogens is 1. The third-order valence-corrected chi connectivity index (χ3v) is 2.40. The minimum atomic E-state index is -0.115. The van der Waals surface area contributed by atoms with Crippen molar-refractivity contribution in [3.8, 4) is 0 Å². The van der Waals surface area contributed by atoms with E-state index in [1.54, 1.807) is 12.1 Å². The Kier molecular flexibility index (Phi) is 5.58. The molecule has 2 amide bonds. The van der Waals surface area contributed by atoms with Gasteiger partial charge in [0.2, 0.25) is 11.8 Å². The van der Waals surface area contributed by atoms with Crippen LogP contribution in [0.25, 0.3) is 0 Å². The van der Waals surface area contributed by atoms with Gasteiger partial charge in [0, 0.05) is 23.6 Å². The second-order valence-corrected chi connectivity index (χ2v) is 4.97. The first-order chi connectivity index (χ1) is 8.47. The van der Waals surface area contributed by atoms with E-state index in [1.807, 2.05) is 12.1 Å². The summed E-state index contributed by atoms with van der Waals surface area (Å²) in [7, 11) is 0. The molecule has 1 aromatic rings. The summed E-state index contributed by atoms with van der Waals surface area (Å²) in [5.41, 5.74) is 1.61. The third-order valence-electron chi connectivity index (χ3n) is 2.12. The number of hydrogen-bond acceptors (Lipinski definition) is 2. The fourth-order valence-corrected chi connectivity index (χ4v) is 1.49. The van der Waals surface area contributed by atoms with Crippen LogP contribution in [0.4, 0.5) is 5.69 Å². The maximum atomic E-state index is 11.5. The van der Waals surface area contributed by atoms with Gasteiger partial charge in [-0.1, -0.05) is 34.6 Å². The Hall–Kier alpha value is -1.62. The van der Waals surface area contributed by atoms with Crippen molar-refractivity contribution in [2.24, 2.45) is 0 Å². The standard InChI is InChI=1S/C13H15BrN2O2/c1-9(14)8-15-13(18)7-11-3-5-12(6-4-11)16-10(2)17/h3-6H,1,7-8H2,2H3,(H,15,18)(H,16,17). The van der Waals surface area contributed by atoms with Crippen LogP contribution in [0, 0.1) is 0 Å². The quantitative estimate of drug-likeness (QED) is 0.876. The molecule has 1 rings (SSSR count). The highest BCUT2D eigenvalue weighted by Gasteiger charge is 2.03. The lowest BCUT2D eigenvalue weighted by Crippen LogP contribution is -2.26. The summed E-state index contributed by atoms with van der Waals surface area (Å²) in [6.07, 6.45) is 0.306. The van der Waals surface area contributed by atoms with Crippen molar-refractivity contribution in [2.75, 3.05) is 11.9 Å². The van der Waals surface area contributed by atoms with Crippen LogP contribution in [0.5, 0.6) is 0 Å². The summed E-state index contributed by atoms with van der Waals surface area (Å²) in [4.78, 5) is 22.4. The second-order valence-electron chi connectivity index (χ2n) is 3.85. The molecule has 2 N–H and O–H groups in total. The summed E-state index contributed by atoms with van der Waals surface area (Å²) in [6.45, 7) is 5.51. The van der Waals surface area contributed by atoms with Gasteiger partial charge < -0.3 is 10.6 Å². The highest BCUT2D eigenvalue weighted by atomic mass is 79.9. The van der Waals surface area contributed by atoms with Crippen LogP contribution in [0.2, 0.25) is 0 Å². The summed E-state index contributed by atoms with van der Waals surface area (Å²) >= 11 is 3.17. The highest BCUT2D eigenvalue weighted by molar-refractivity contribution is 9.11. The van der Waals surface area contributed by atoms with Gasteiger partial charge in [0.25, 0.3) is 0 Å². The first-order valence-corrected chi connectivity index (χ1v) is 6.23. The zero-order chi connectivity index (χ0) is 13.5. The number of carbonyl (C=O) groups is 2. The van der Waals surface area contributed by atoms with Gasteiger partial charge >= 0.3 is 0 Å². The SMILES string of the molecule is C=C(Br)CNC(=O)Cc1ccc(NC(C)=O)cc1. The van der Waals surface area contributed by atoms with E-state index in [4.69, 9.17) is 0 Å². The molecule has 1 aromatic carbocycles. The molecule has 0 bridgehead atoms. The van der Waals surface area contributed by atoms with Crippen LogP contribution in [0.15, 0.2) is 35.3 Å². The van der Waals surface area contributed by atoms with Crippen molar-refractivity contribution in [2.45, 2.75) is 13.3 Å². The number of benzene rings is 1. The molecule has 4 nitrogen and oxygen atoms in total. The van der Waals surface area contributed by atoms with Crippen molar-refractivity contribution in [1.29, 1.82) is 0 Å². The zero-order valence-corrected chi connectivity index (χ0v) is 11.7. The van der Waals surface area contributed by atoms with Gasteiger partial charge in [-0.15, -0.1) is 0 Å². The minimum absolute atomic E-state index is 0.0668. The van der Waals surface area contributed by atoms with Crippen molar-refractivity contribution >= 4 is 33.4 Å². The van der Waals surface area contributed by atoms with E-state index in [9.17, 15) is 9.59 Å². The molecule has 0 heterocycles. The highest BCUT2D eigenvalue weighted by Crippen LogP contribution is 2.10. The van der Waals surface area contributed by atoms with Crippen molar-refractivity contribution < 1.29 is 9.59 Å². The number of hydrogen-bond donors (Lipinski definition) is 2. The molecular weight excluding hydrogens is 296 g/mol. The smallest absolute Gasteiger partial charge is 0.224 e. The number of rotatable bonds is 5. The van der Waals surface area contributed by atoms with Crippen LogP contribution >= 0.6 is 15.9 Å². The van der Waals surface area contributed by atoms with E-state index in [0.717, 1.165) is 15.7 Å². The van der Waals surface area contributed by atoms with Crippen LogP contribution in [-0.4, -0.2) is 18.4 Å². The van der Waals surface area contributed by atoms with Crippen LogP contribution in [0.3, 0.4) is 0 Å². The molecule has 0 spiro atoms. The number of carbonyl (C=O) groups excluding carboxylic acids is 2. The lowest BCUT2D eigenvalue weighted by atomic mass is 10.1. The summed E-state index contributed by atoms with van der Waals surface area (Å²) in [5, 5.41) is 5.39. The van der Waals surface area contributed by atoms with E-state index < -0.39 is 0 Å². The van der Waals surface area contributed by atoms with Gasteiger partial charge in [-0.3, -0.25) is 9.59 Å². The fourth-order valence-electron chi connectivity index (χ4n) is 1.35. The van der Waals surface area contributed by atoms with Crippen LogP contribution in [-0.2, 0) is 16.0 Å². The topological polar surface area (TPSA) is 58.2 Å². The maximum absolute atomic E-state index is 11.5. The second kappa shape index (κ2) is 6.96. The van der Waals surface area contributed by atoms with Crippen LogP contribution < -0.4 is 10.6 Å². The van der Waals surface area contributed by atoms with Gasteiger partial charge in [-0.05, 0) is 17.7 Å². The molecule has 18 heavy (non-hydrogen) atoms. The molecule has 0 aliphatic carbocycles. The molecule has 0 unspecified atom stereocenters. The molecule has 0 atom stereocenters. The van der Waals surface area contributed by atoms with Gasteiger partial charge in [0.15, 0.2) is 0 Å². The van der Waals surface area contributed by atoms with E-state index in [2.05, 4.69) is 33.1 Å². The normalized spacial score (nSPS) is 9.67. The van der Waals surface area contributed by atoms with Crippen LogP contribution in [0.1, 0.15) is 12.5 Å². The molecule has 0 aliphatic heterocycles. The Labute approximate surface area is 115 Å². The molecule has 96 valence electrons. The predicted octanol–water partition coefficient (Wildman–Crippen LogP) is 2.21. The Morgan fingerprint density at radius 1 is 1.28 bits per heavy atom. The maximum Gasteiger partial charge on any atom is 0.224 e. The summed E-state index contributed by atoms with van der Waals surface area (Å²) < 4.78 is 0.733. The predicted molar refractivity (Wildman–Crippen MR) is 75.5 cm³/mol. The van der Waals surface area contributed by atoms with Crippen molar-refractivity contribution in [3.05, 3.63) is 40.9 Å². The van der Waals surface area contributed by atoms with Crippen molar-refractivity contribution in [3.63, 3.8) is 0 Å². The summed E-state index contributed by atoms with van der Waals surface area (Å²) in [5.74, 6) is -0.181. The number of amides is 2. The van der Waals surface area contributed by atoms with Gasteiger partial charge in [-0.2, -0.15) is 0 Å². The first kappa shape index (κ1) is 14.4. The number of nitrogens with one attached hydrogen (secondary N) is 2. The average molecular weight is 311 g/mol. The van der Waals surface area contributed by atoms with Gasteiger partial charge in [-0.25, -0.2) is 0 Å². The fraction of sp³-hybridized carbons (Fsp3) is 0.231. The Bertz CT molecular complexity index is 455. The largest absolute Gasteiger partial charge is 0.351 e. The molecular formula is C13H15BrN2O2. The molecule has 0 aromatic heterocycles. The third kappa shape index (κ3) is 5.63. The van der Waals surface area contributed by atoms with Crippen molar-refractivity contribution in [1.82, 2.24) is 5.32 Å². The number of anilines is 1. The summed E-state index contributed by atoms with van der Waals surface area (Å²) in [6, 6.07) is 7.17.